The third kappa shape index (κ3) is 4.98. The molecule has 2 atom stereocenters. The van der Waals surface area contributed by atoms with Crippen LogP contribution < -0.4 is 24.8 Å². The molecular formula is C25H32N2O5. The van der Waals surface area contributed by atoms with Gasteiger partial charge in [0.25, 0.3) is 5.91 Å². The van der Waals surface area contributed by atoms with Gasteiger partial charge in [-0.25, -0.2) is 0 Å². The Hall–Kier alpha value is -3.22. The predicted molar refractivity (Wildman–Crippen MR) is 122 cm³/mol. The average Bonchev–Trinajstić information content (AvgIpc) is 2.81. The van der Waals surface area contributed by atoms with E-state index in [-0.39, 0.29) is 23.8 Å². The van der Waals surface area contributed by atoms with Gasteiger partial charge in [0, 0.05) is 5.56 Å². The minimum absolute atomic E-state index is 0.0493. The van der Waals surface area contributed by atoms with Gasteiger partial charge in [0.15, 0.2) is 11.5 Å². The van der Waals surface area contributed by atoms with Crippen LogP contribution in [0.5, 0.6) is 17.2 Å². The van der Waals surface area contributed by atoms with Crippen LogP contribution in [0, 0.1) is 5.92 Å². The topological polar surface area (TPSA) is 85.9 Å². The number of fused-ring (bicyclic) bond motifs is 1. The molecule has 2 amide bonds. The second-order valence-electron chi connectivity index (χ2n) is 8.26. The number of rotatable bonds is 8. The Morgan fingerprint density at radius 3 is 2.25 bits per heavy atom. The van der Waals surface area contributed by atoms with E-state index < -0.39 is 6.04 Å². The van der Waals surface area contributed by atoms with Gasteiger partial charge in [0.1, 0.15) is 6.04 Å². The lowest BCUT2D eigenvalue weighted by Crippen LogP contribution is -2.50. The Balaban J connectivity index is 1.78. The molecule has 7 nitrogen and oxygen atoms in total. The van der Waals surface area contributed by atoms with E-state index in [1.807, 2.05) is 26.0 Å². The summed E-state index contributed by atoms with van der Waals surface area (Å²) < 4.78 is 16.0. The third-order valence-corrected chi connectivity index (χ3v) is 5.85. The molecule has 1 aliphatic carbocycles. The molecule has 0 unspecified atom stereocenters. The van der Waals surface area contributed by atoms with Crippen molar-refractivity contribution in [3.63, 3.8) is 0 Å². The van der Waals surface area contributed by atoms with E-state index in [1.165, 1.54) is 26.9 Å². The lowest BCUT2D eigenvalue weighted by atomic mass is 9.87. The molecular weight excluding hydrogens is 408 g/mol. The van der Waals surface area contributed by atoms with E-state index in [1.54, 1.807) is 12.1 Å². The van der Waals surface area contributed by atoms with Crippen molar-refractivity contribution in [2.24, 2.45) is 5.92 Å². The highest BCUT2D eigenvalue weighted by Gasteiger charge is 2.29. The third-order valence-electron chi connectivity index (χ3n) is 5.85. The van der Waals surface area contributed by atoms with Gasteiger partial charge in [-0.3, -0.25) is 9.59 Å². The molecule has 0 bridgehead atoms. The molecule has 0 radical (unpaired) electrons. The number of amides is 2. The molecule has 0 aromatic heterocycles. The first-order valence-corrected chi connectivity index (χ1v) is 10.9. The molecule has 0 aliphatic heterocycles. The standard InChI is InChI=1S/C25H32N2O5/c1-15(2)22(25(29)26-19-12-8-10-16-9-6-7-11-18(16)19)27-24(28)17-13-20(30-3)23(32-5)21(14-17)31-4/h6-7,9,11,13-15,19,22H,8,10,12H2,1-5H3,(H,26,29)(H,27,28)/t19-,22-/m0/s1. The molecule has 0 fully saturated rings. The van der Waals surface area contributed by atoms with Crippen LogP contribution in [0.2, 0.25) is 0 Å². The van der Waals surface area contributed by atoms with Crippen molar-refractivity contribution >= 4 is 11.8 Å². The van der Waals surface area contributed by atoms with Crippen molar-refractivity contribution in [1.82, 2.24) is 10.6 Å². The van der Waals surface area contributed by atoms with Crippen molar-refractivity contribution in [2.45, 2.75) is 45.2 Å². The van der Waals surface area contributed by atoms with Crippen molar-refractivity contribution in [1.29, 1.82) is 0 Å². The monoisotopic (exact) mass is 440 g/mol. The summed E-state index contributed by atoms with van der Waals surface area (Å²) in [6.45, 7) is 3.82. The zero-order valence-corrected chi connectivity index (χ0v) is 19.4. The summed E-state index contributed by atoms with van der Waals surface area (Å²) in [5, 5.41) is 6.04. The van der Waals surface area contributed by atoms with Crippen molar-refractivity contribution in [2.75, 3.05) is 21.3 Å². The van der Waals surface area contributed by atoms with Crippen LogP contribution in [0.4, 0.5) is 0 Å². The minimum Gasteiger partial charge on any atom is -0.493 e. The number of aryl methyl sites for hydroxylation is 1. The van der Waals surface area contributed by atoms with Crippen LogP contribution in [0.3, 0.4) is 0 Å². The SMILES string of the molecule is COc1cc(C(=O)N[C@H](C(=O)N[C@H]2CCCc3ccccc32)C(C)C)cc(OC)c1OC. The van der Waals surface area contributed by atoms with Crippen molar-refractivity contribution < 1.29 is 23.8 Å². The number of hydrogen-bond acceptors (Lipinski definition) is 5. The molecule has 7 heteroatoms. The fourth-order valence-electron chi connectivity index (χ4n) is 4.14. The average molecular weight is 441 g/mol. The lowest BCUT2D eigenvalue weighted by molar-refractivity contribution is -0.124. The van der Waals surface area contributed by atoms with Crippen LogP contribution in [0.1, 0.15) is 54.2 Å². The molecule has 0 saturated heterocycles. The van der Waals surface area contributed by atoms with E-state index >= 15 is 0 Å². The van der Waals surface area contributed by atoms with Gasteiger partial charge in [0.05, 0.1) is 27.4 Å². The second kappa shape index (κ2) is 10.4. The van der Waals surface area contributed by atoms with E-state index in [0.29, 0.717) is 22.8 Å². The van der Waals surface area contributed by atoms with Crippen LogP contribution in [-0.4, -0.2) is 39.2 Å². The number of nitrogens with one attached hydrogen (secondary N) is 2. The zero-order chi connectivity index (χ0) is 23.3. The van der Waals surface area contributed by atoms with Gasteiger partial charge >= 0.3 is 0 Å². The van der Waals surface area contributed by atoms with Crippen LogP contribution in [0.15, 0.2) is 36.4 Å². The fraction of sp³-hybridized carbons (Fsp3) is 0.440. The molecule has 0 heterocycles. The molecule has 0 saturated carbocycles. The van der Waals surface area contributed by atoms with Gasteiger partial charge in [0.2, 0.25) is 11.7 Å². The highest BCUT2D eigenvalue weighted by molar-refractivity contribution is 5.98. The number of carbonyl (C=O) groups is 2. The maximum absolute atomic E-state index is 13.2. The summed E-state index contributed by atoms with van der Waals surface area (Å²) in [4.78, 5) is 26.2. The molecule has 2 aromatic carbocycles. The van der Waals surface area contributed by atoms with Crippen LogP contribution in [-0.2, 0) is 11.2 Å². The van der Waals surface area contributed by atoms with Crippen LogP contribution in [0.25, 0.3) is 0 Å². The summed E-state index contributed by atoms with van der Waals surface area (Å²) in [7, 11) is 4.49. The number of benzene rings is 2. The Morgan fingerprint density at radius 1 is 1.00 bits per heavy atom. The van der Waals surface area contributed by atoms with Gasteiger partial charge in [-0.1, -0.05) is 38.1 Å². The number of hydrogen-bond donors (Lipinski definition) is 2. The van der Waals surface area contributed by atoms with Gasteiger partial charge in [-0.15, -0.1) is 0 Å². The number of methoxy groups -OCH3 is 3. The first-order chi connectivity index (χ1) is 15.4. The first kappa shape index (κ1) is 23.4. The van der Waals surface area contributed by atoms with Crippen molar-refractivity contribution in [3.05, 3.63) is 53.1 Å². The van der Waals surface area contributed by atoms with Gasteiger partial charge < -0.3 is 24.8 Å². The highest BCUT2D eigenvalue weighted by atomic mass is 16.5. The summed E-state index contributed by atoms with van der Waals surface area (Å²) in [6.07, 6.45) is 2.93. The lowest BCUT2D eigenvalue weighted by Gasteiger charge is -2.29. The molecule has 32 heavy (non-hydrogen) atoms. The summed E-state index contributed by atoms with van der Waals surface area (Å²) >= 11 is 0. The molecule has 2 N–H and O–H groups in total. The maximum Gasteiger partial charge on any atom is 0.252 e. The van der Waals surface area contributed by atoms with E-state index in [2.05, 4.69) is 22.8 Å². The Morgan fingerprint density at radius 2 is 1.66 bits per heavy atom. The summed E-state index contributed by atoms with van der Waals surface area (Å²) in [5.74, 6) is 0.479. The molecule has 172 valence electrons. The molecule has 0 spiro atoms. The normalized spacial score (nSPS) is 16.0. The molecule has 3 rings (SSSR count). The summed E-state index contributed by atoms with van der Waals surface area (Å²) in [5.41, 5.74) is 2.75. The maximum atomic E-state index is 13.2. The zero-order valence-electron chi connectivity index (χ0n) is 19.4. The molecule has 1 aliphatic rings. The van der Waals surface area contributed by atoms with Crippen LogP contribution >= 0.6 is 0 Å². The van der Waals surface area contributed by atoms with E-state index in [0.717, 1.165) is 24.8 Å². The Labute approximate surface area is 189 Å². The first-order valence-electron chi connectivity index (χ1n) is 10.9. The Bertz CT molecular complexity index is 948. The summed E-state index contributed by atoms with van der Waals surface area (Å²) in [6, 6.07) is 10.6. The van der Waals surface area contributed by atoms with E-state index in [9.17, 15) is 9.59 Å². The predicted octanol–water partition coefficient (Wildman–Crippen LogP) is 3.66. The van der Waals surface area contributed by atoms with Gasteiger partial charge in [-0.2, -0.15) is 0 Å². The highest BCUT2D eigenvalue weighted by Crippen LogP contribution is 2.38. The van der Waals surface area contributed by atoms with Crippen molar-refractivity contribution in [3.8, 4) is 17.2 Å². The minimum atomic E-state index is -0.685. The smallest absolute Gasteiger partial charge is 0.252 e. The molecule has 2 aromatic rings. The number of ether oxygens (including phenoxy) is 3. The quantitative estimate of drug-likeness (QED) is 0.654. The number of carbonyl (C=O) groups excluding carboxylic acids is 2. The Kier molecular flexibility index (Phi) is 7.62. The van der Waals surface area contributed by atoms with Gasteiger partial charge in [-0.05, 0) is 48.4 Å². The second-order valence-corrected chi connectivity index (χ2v) is 8.26. The fourth-order valence-corrected chi connectivity index (χ4v) is 4.14. The van der Waals surface area contributed by atoms with E-state index in [4.69, 9.17) is 14.2 Å². The largest absolute Gasteiger partial charge is 0.493 e.